The predicted molar refractivity (Wildman–Crippen MR) is 74.3 cm³/mol. The Bertz CT molecular complexity index is 574. The number of rotatable bonds is 4. The van der Waals surface area contributed by atoms with Gasteiger partial charge in [0.1, 0.15) is 5.82 Å². The highest BCUT2D eigenvalue weighted by atomic mass is 16.5. The predicted octanol–water partition coefficient (Wildman–Crippen LogP) is 2.14. The van der Waals surface area contributed by atoms with E-state index >= 15 is 0 Å². The van der Waals surface area contributed by atoms with E-state index in [0.29, 0.717) is 17.8 Å². The van der Waals surface area contributed by atoms with Crippen LogP contribution in [0.2, 0.25) is 0 Å². The van der Waals surface area contributed by atoms with Crippen molar-refractivity contribution in [3.8, 4) is 0 Å². The molecule has 2 aromatic heterocycles. The first-order chi connectivity index (χ1) is 9.63. The molecule has 0 amide bonds. The average molecular weight is 275 g/mol. The van der Waals surface area contributed by atoms with E-state index in [4.69, 9.17) is 4.52 Å². The minimum atomic E-state index is 0.360. The number of aryl methyl sites for hydroxylation is 1. The molecule has 6 heteroatoms. The number of imidazole rings is 1. The van der Waals surface area contributed by atoms with Gasteiger partial charge in [-0.15, -0.1) is 0 Å². The summed E-state index contributed by atoms with van der Waals surface area (Å²) < 4.78 is 7.51. The molecule has 108 valence electrons. The maximum Gasteiger partial charge on any atom is 0.231 e. The highest BCUT2D eigenvalue weighted by molar-refractivity contribution is 5.00. The Morgan fingerprint density at radius 1 is 1.45 bits per heavy atom. The third-order valence-corrected chi connectivity index (χ3v) is 3.84. The highest BCUT2D eigenvalue weighted by Crippen LogP contribution is 2.27. The van der Waals surface area contributed by atoms with Gasteiger partial charge in [-0.2, -0.15) is 4.98 Å². The topological polar surface area (TPSA) is 60.0 Å². The van der Waals surface area contributed by atoms with Crippen molar-refractivity contribution >= 4 is 0 Å². The molecule has 1 aliphatic heterocycles. The van der Waals surface area contributed by atoms with Crippen molar-refractivity contribution in [3.63, 3.8) is 0 Å². The first-order valence-corrected chi connectivity index (χ1v) is 7.17. The summed E-state index contributed by atoms with van der Waals surface area (Å²) in [5.74, 6) is 2.98. The van der Waals surface area contributed by atoms with Crippen molar-refractivity contribution in [2.45, 2.75) is 45.7 Å². The van der Waals surface area contributed by atoms with Gasteiger partial charge in [0, 0.05) is 25.0 Å². The number of hydrogen-bond acceptors (Lipinski definition) is 5. The Kier molecular flexibility index (Phi) is 3.56. The van der Waals surface area contributed by atoms with Gasteiger partial charge in [-0.1, -0.05) is 5.16 Å². The Balaban J connectivity index is 1.64. The molecular formula is C14H21N5O. The van der Waals surface area contributed by atoms with Crippen LogP contribution in [0, 0.1) is 6.92 Å². The molecule has 0 N–H and O–H groups in total. The van der Waals surface area contributed by atoms with E-state index in [-0.39, 0.29) is 0 Å². The average Bonchev–Trinajstić information content (AvgIpc) is 3.09. The summed E-state index contributed by atoms with van der Waals surface area (Å²) in [6.45, 7) is 9.12. The Morgan fingerprint density at radius 3 is 3.00 bits per heavy atom. The van der Waals surface area contributed by atoms with Crippen LogP contribution in [0.4, 0.5) is 0 Å². The summed E-state index contributed by atoms with van der Waals surface area (Å²) in [5.41, 5.74) is 0. The fourth-order valence-corrected chi connectivity index (χ4v) is 2.79. The van der Waals surface area contributed by atoms with Crippen molar-refractivity contribution in [1.29, 1.82) is 0 Å². The third-order valence-electron chi connectivity index (χ3n) is 3.84. The quantitative estimate of drug-likeness (QED) is 0.855. The zero-order chi connectivity index (χ0) is 14.1. The van der Waals surface area contributed by atoms with Crippen LogP contribution in [-0.2, 0) is 6.54 Å². The van der Waals surface area contributed by atoms with E-state index in [1.54, 1.807) is 0 Å². The second kappa shape index (κ2) is 5.36. The molecule has 0 aromatic carbocycles. The molecule has 0 radical (unpaired) electrons. The summed E-state index contributed by atoms with van der Waals surface area (Å²) in [4.78, 5) is 11.2. The summed E-state index contributed by atoms with van der Waals surface area (Å²) in [5, 5.41) is 3.88. The van der Waals surface area contributed by atoms with Crippen LogP contribution in [0.25, 0.3) is 0 Å². The molecular weight excluding hydrogens is 254 g/mol. The monoisotopic (exact) mass is 275 g/mol. The van der Waals surface area contributed by atoms with Crippen molar-refractivity contribution in [2.24, 2.45) is 0 Å². The van der Waals surface area contributed by atoms with Gasteiger partial charge in [0.05, 0.1) is 12.5 Å². The molecule has 1 aliphatic rings. The first kappa shape index (κ1) is 13.3. The third kappa shape index (κ3) is 2.60. The van der Waals surface area contributed by atoms with E-state index in [1.807, 2.05) is 13.1 Å². The lowest BCUT2D eigenvalue weighted by molar-refractivity contribution is 0.296. The van der Waals surface area contributed by atoms with Crippen molar-refractivity contribution in [2.75, 3.05) is 13.1 Å². The number of aromatic nitrogens is 4. The molecule has 0 aliphatic carbocycles. The van der Waals surface area contributed by atoms with Gasteiger partial charge in [0.2, 0.25) is 5.89 Å². The molecule has 1 fully saturated rings. The number of hydrogen-bond donors (Lipinski definition) is 0. The van der Waals surface area contributed by atoms with Gasteiger partial charge in [-0.3, -0.25) is 4.90 Å². The largest absolute Gasteiger partial charge is 0.339 e. The minimum absolute atomic E-state index is 0.360. The summed E-state index contributed by atoms with van der Waals surface area (Å²) >= 11 is 0. The lowest BCUT2D eigenvalue weighted by Crippen LogP contribution is -2.22. The van der Waals surface area contributed by atoms with Crippen LogP contribution in [0.15, 0.2) is 16.9 Å². The lowest BCUT2D eigenvalue weighted by Gasteiger charge is -2.17. The molecule has 1 atom stereocenters. The molecule has 1 unspecified atom stereocenters. The van der Waals surface area contributed by atoms with Crippen LogP contribution in [0.5, 0.6) is 0 Å². The zero-order valence-electron chi connectivity index (χ0n) is 12.3. The standard InChI is InChI=1S/C14H21N5O/c1-10(2)19-7-5-15-13(19)9-18-6-4-12(8-18)14-16-11(3)17-20-14/h5,7,10,12H,4,6,8-9H2,1-3H3. The fraction of sp³-hybridized carbons (Fsp3) is 0.643. The summed E-state index contributed by atoms with van der Waals surface area (Å²) in [6, 6.07) is 0.449. The molecule has 0 spiro atoms. The molecule has 3 heterocycles. The molecule has 0 saturated carbocycles. The molecule has 6 nitrogen and oxygen atoms in total. The van der Waals surface area contributed by atoms with Crippen LogP contribution < -0.4 is 0 Å². The van der Waals surface area contributed by atoms with Gasteiger partial charge < -0.3 is 9.09 Å². The van der Waals surface area contributed by atoms with Crippen molar-refractivity contribution in [1.82, 2.24) is 24.6 Å². The molecule has 20 heavy (non-hydrogen) atoms. The van der Waals surface area contributed by atoms with Gasteiger partial charge in [0.15, 0.2) is 5.82 Å². The van der Waals surface area contributed by atoms with Gasteiger partial charge in [-0.25, -0.2) is 4.98 Å². The van der Waals surface area contributed by atoms with E-state index < -0.39 is 0 Å². The Morgan fingerprint density at radius 2 is 2.30 bits per heavy atom. The number of nitrogens with zero attached hydrogens (tertiary/aromatic N) is 5. The van der Waals surface area contributed by atoms with E-state index in [9.17, 15) is 0 Å². The smallest absolute Gasteiger partial charge is 0.231 e. The van der Waals surface area contributed by atoms with E-state index in [2.05, 4.69) is 44.6 Å². The Hall–Kier alpha value is -1.69. The van der Waals surface area contributed by atoms with Crippen LogP contribution in [0.3, 0.4) is 0 Å². The molecule has 3 rings (SSSR count). The number of likely N-dealkylation sites (tertiary alicyclic amines) is 1. The molecule has 1 saturated heterocycles. The fourth-order valence-electron chi connectivity index (χ4n) is 2.79. The van der Waals surface area contributed by atoms with Crippen molar-refractivity contribution in [3.05, 3.63) is 29.9 Å². The van der Waals surface area contributed by atoms with Crippen LogP contribution in [0.1, 0.15) is 49.8 Å². The van der Waals surface area contributed by atoms with Crippen molar-refractivity contribution < 1.29 is 4.52 Å². The summed E-state index contributed by atoms with van der Waals surface area (Å²) in [7, 11) is 0. The second-order valence-corrected chi connectivity index (χ2v) is 5.75. The van der Waals surface area contributed by atoms with Crippen LogP contribution in [-0.4, -0.2) is 37.7 Å². The lowest BCUT2D eigenvalue weighted by atomic mass is 10.1. The molecule has 2 aromatic rings. The van der Waals surface area contributed by atoms with E-state index in [0.717, 1.165) is 37.8 Å². The zero-order valence-corrected chi connectivity index (χ0v) is 12.3. The SMILES string of the molecule is Cc1noc(C2CCN(Cc3nccn3C(C)C)C2)n1. The Labute approximate surface area is 118 Å². The van der Waals surface area contributed by atoms with Gasteiger partial charge >= 0.3 is 0 Å². The van der Waals surface area contributed by atoms with Gasteiger partial charge in [-0.05, 0) is 33.7 Å². The summed E-state index contributed by atoms with van der Waals surface area (Å²) in [6.07, 6.45) is 5.00. The van der Waals surface area contributed by atoms with E-state index in [1.165, 1.54) is 0 Å². The molecule has 0 bridgehead atoms. The maximum absolute atomic E-state index is 5.29. The highest BCUT2D eigenvalue weighted by Gasteiger charge is 2.28. The van der Waals surface area contributed by atoms with Crippen LogP contribution >= 0.6 is 0 Å². The second-order valence-electron chi connectivity index (χ2n) is 5.75. The van der Waals surface area contributed by atoms with Gasteiger partial charge in [0.25, 0.3) is 0 Å². The first-order valence-electron chi connectivity index (χ1n) is 7.17. The normalized spacial score (nSPS) is 20.1. The minimum Gasteiger partial charge on any atom is -0.339 e. The maximum atomic E-state index is 5.29.